The molecule has 0 unspecified atom stereocenters. The summed E-state index contributed by atoms with van der Waals surface area (Å²) in [6.07, 6.45) is 0. The first-order valence-corrected chi connectivity index (χ1v) is 50.2. The van der Waals surface area contributed by atoms with Gasteiger partial charge in [0.05, 0.1) is 33.8 Å². The summed E-state index contributed by atoms with van der Waals surface area (Å²) in [7, 11) is 0. The lowest BCUT2D eigenvalue weighted by molar-refractivity contribution is 0.668. The third kappa shape index (κ3) is 13.7. The van der Waals surface area contributed by atoms with Crippen molar-refractivity contribution >= 4 is 276 Å². The molecule has 0 saturated carbocycles. The van der Waals surface area contributed by atoms with Crippen LogP contribution >= 0.6 is 34.0 Å². The summed E-state index contributed by atoms with van der Waals surface area (Å²) in [5.74, 6) is 0. The smallest absolute Gasteiger partial charge is 0.159 e. The van der Waals surface area contributed by atoms with E-state index in [1.807, 2.05) is 58.3 Å². The van der Waals surface area contributed by atoms with Crippen molar-refractivity contribution in [2.45, 2.75) is 0 Å². The topological polar surface area (TPSA) is 49.1 Å². The van der Waals surface area contributed by atoms with Gasteiger partial charge in [-0.05, 0) is 221 Å². The number of thiophene rings is 3. The highest BCUT2D eigenvalue weighted by Crippen LogP contribution is 2.54. The van der Waals surface area contributed by atoms with Crippen molar-refractivity contribution in [1.82, 2.24) is 0 Å². The van der Waals surface area contributed by atoms with Crippen LogP contribution in [0.15, 0.2) is 505 Å². The Morgan fingerprint density at radius 2 is 0.447 bits per heavy atom. The van der Waals surface area contributed by atoms with E-state index in [1.165, 1.54) is 153 Å². The van der Waals surface area contributed by atoms with Gasteiger partial charge in [0.25, 0.3) is 0 Å². The van der Waals surface area contributed by atoms with E-state index in [0.29, 0.717) is 0 Å². The van der Waals surface area contributed by atoms with Crippen LogP contribution in [0.25, 0.3) is 224 Å². The first kappa shape index (κ1) is 81.6. The molecule has 0 bridgehead atoms. The van der Waals surface area contributed by atoms with E-state index >= 15 is 0 Å². The maximum atomic E-state index is 6.67. The molecule has 0 aliphatic heterocycles. The van der Waals surface area contributed by atoms with E-state index < -0.39 is 0 Å². The second kappa shape index (κ2) is 33.6. The number of hydrogen-bond donors (Lipinski definition) is 0. The molecule has 141 heavy (non-hydrogen) atoms. The molecule has 0 aliphatic rings. The van der Waals surface area contributed by atoms with E-state index in [1.54, 1.807) is 0 Å². The molecule has 6 nitrogen and oxygen atoms in total. The van der Waals surface area contributed by atoms with Crippen LogP contribution in [0.1, 0.15) is 0 Å². The van der Waals surface area contributed by atoms with E-state index in [0.717, 1.165) is 123 Å². The molecule has 0 fully saturated rings. The van der Waals surface area contributed by atoms with Crippen LogP contribution in [-0.4, -0.2) is 0 Å². The van der Waals surface area contributed by atoms with Gasteiger partial charge in [-0.25, -0.2) is 0 Å². The fourth-order valence-electron chi connectivity index (χ4n) is 22.0. The summed E-state index contributed by atoms with van der Waals surface area (Å²) < 4.78 is 27.4. The molecule has 9 heteroatoms. The number of anilines is 9. The Balaban J connectivity index is 0.000000104. The standard InChI is InChI=1S/3C44H27NOS/c1-2-11-28(12-3-1)32-13-4-7-17-37(32)45(38-18-10-16-34-33-14-5-8-19-39(33)46-44(34)38)31-25-23-29-21-22-30-24-26-41-43(42(30)36(29)27-31)35-15-6-9-20-40(35)47-41;1-2-11-28(12-3-1)32-13-4-7-16-36(32)45(37-17-10-19-39-43(37)33-14-5-8-18-38(33)46-39)31-25-23-29-21-22-30-24-26-41-44(42(30)35(29)27-31)34-15-6-9-20-40(34)47-41;1-2-10-28(11-3-1)33-12-4-7-15-38(33)45(32-23-24-35-34-13-5-8-16-39(34)46-40(35)27-32)31-22-20-29-18-19-30-21-25-42-44(43(30)37(29)26-31)36-14-6-9-17-41(36)47-42/h3*1-27H. The molecule has 30 rings (SSSR count). The summed E-state index contributed by atoms with van der Waals surface area (Å²) in [5, 5.41) is 29.8. The second-order valence-corrected chi connectivity index (χ2v) is 39.5. The Labute approximate surface area is 822 Å². The van der Waals surface area contributed by atoms with Crippen LogP contribution in [-0.2, 0) is 0 Å². The molecule has 0 aliphatic carbocycles. The van der Waals surface area contributed by atoms with Gasteiger partial charge in [-0.15, -0.1) is 34.0 Å². The highest BCUT2D eigenvalue weighted by molar-refractivity contribution is 7.27. The largest absolute Gasteiger partial charge is 0.456 e. The molecule has 30 aromatic rings. The lowest BCUT2D eigenvalue weighted by Crippen LogP contribution is -2.11. The Kier molecular flexibility index (Phi) is 19.5. The molecule has 6 aromatic heterocycles. The van der Waals surface area contributed by atoms with Crippen molar-refractivity contribution in [3.8, 4) is 33.4 Å². The fraction of sp³-hybridized carbons (Fsp3) is 0. The monoisotopic (exact) mass is 1850 g/mol. The van der Waals surface area contributed by atoms with Crippen molar-refractivity contribution in [1.29, 1.82) is 0 Å². The minimum Gasteiger partial charge on any atom is -0.456 e. The number of para-hydroxylation sites is 7. The molecule has 24 aromatic carbocycles. The Morgan fingerprint density at radius 3 is 0.922 bits per heavy atom. The first-order valence-electron chi connectivity index (χ1n) is 47.8. The van der Waals surface area contributed by atoms with E-state index in [-0.39, 0.29) is 0 Å². The second-order valence-electron chi connectivity index (χ2n) is 36.3. The Hall–Kier alpha value is -17.7. The molecule has 0 N–H and O–H groups in total. The van der Waals surface area contributed by atoms with Crippen LogP contribution in [0.3, 0.4) is 0 Å². The van der Waals surface area contributed by atoms with Gasteiger partial charge in [0, 0.05) is 133 Å². The number of benzene rings is 24. The van der Waals surface area contributed by atoms with Gasteiger partial charge in [0.1, 0.15) is 27.9 Å². The molecule has 0 atom stereocenters. The van der Waals surface area contributed by atoms with Crippen molar-refractivity contribution < 1.29 is 13.3 Å². The molecule has 6 heterocycles. The first-order chi connectivity index (χ1) is 69.9. The predicted octanol–water partition coefficient (Wildman–Crippen LogP) is 40.2. The van der Waals surface area contributed by atoms with E-state index in [2.05, 4.69) is 482 Å². The van der Waals surface area contributed by atoms with Crippen LogP contribution in [0.4, 0.5) is 51.2 Å². The maximum Gasteiger partial charge on any atom is 0.159 e. The summed E-state index contributed by atoms with van der Waals surface area (Å²) in [6.45, 7) is 0. The van der Waals surface area contributed by atoms with Crippen molar-refractivity contribution in [2.24, 2.45) is 0 Å². The zero-order valence-electron chi connectivity index (χ0n) is 76.1. The molecule has 0 spiro atoms. The lowest BCUT2D eigenvalue weighted by atomic mass is 9.96. The Bertz CT molecular complexity index is 10300. The average molecular weight is 1850 g/mol. The number of fused-ring (bicyclic) bond motifs is 30. The van der Waals surface area contributed by atoms with Crippen LogP contribution in [0.5, 0.6) is 0 Å². The minimum absolute atomic E-state index is 0.876. The summed E-state index contributed by atoms with van der Waals surface area (Å²) in [5.41, 5.74) is 22.1. The summed E-state index contributed by atoms with van der Waals surface area (Å²) >= 11 is 5.61. The summed E-state index contributed by atoms with van der Waals surface area (Å²) in [4.78, 5) is 7.20. The molecular formula is C132H81N3O3S3. The SMILES string of the molecule is c1ccc(-c2ccccc2N(c2ccc3c(c2)oc2ccccc23)c2ccc3ccc4ccc5sc6ccccc6c5c4c3c2)cc1.c1ccc(-c2ccccc2N(c2ccc3ccc4ccc5sc6ccccc6c5c4c3c2)c2cccc3c2oc2ccccc23)cc1.c1ccc(-c2ccccc2N(c2ccc3ccc4ccc5sc6ccccc6c5c4c3c2)c2cccc3oc4ccccc4c23)cc1. The normalized spacial score (nSPS) is 11.8. The zero-order chi connectivity index (χ0) is 92.7. The van der Waals surface area contributed by atoms with Gasteiger partial charge in [-0.2, -0.15) is 0 Å². The molecular weight excluding hydrogens is 1770 g/mol. The minimum atomic E-state index is 0.876. The Morgan fingerprint density at radius 1 is 0.149 bits per heavy atom. The van der Waals surface area contributed by atoms with Crippen molar-refractivity contribution in [2.75, 3.05) is 14.7 Å². The fourth-order valence-corrected chi connectivity index (χ4v) is 25.3. The van der Waals surface area contributed by atoms with Gasteiger partial charge >= 0.3 is 0 Å². The summed E-state index contributed by atoms with van der Waals surface area (Å²) in [6, 6.07) is 177. The van der Waals surface area contributed by atoms with Gasteiger partial charge < -0.3 is 28.0 Å². The highest BCUT2D eigenvalue weighted by Gasteiger charge is 2.28. The number of rotatable bonds is 12. The number of nitrogens with zero attached hydrogens (tertiary/aromatic N) is 3. The van der Waals surface area contributed by atoms with Crippen LogP contribution in [0.2, 0.25) is 0 Å². The van der Waals surface area contributed by atoms with Crippen LogP contribution < -0.4 is 14.7 Å². The van der Waals surface area contributed by atoms with Gasteiger partial charge in [-0.1, -0.05) is 346 Å². The number of furan rings is 3. The van der Waals surface area contributed by atoms with Gasteiger partial charge in [0.15, 0.2) is 5.58 Å². The van der Waals surface area contributed by atoms with E-state index in [9.17, 15) is 0 Å². The van der Waals surface area contributed by atoms with E-state index in [4.69, 9.17) is 13.3 Å². The average Bonchev–Trinajstić information content (AvgIpc) is 1.74. The molecule has 0 amide bonds. The van der Waals surface area contributed by atoms with Crippen molar-refractivity contribution in [3.05, 3.63) is 491 Å². The van der Waals surface area contributed by atoms with Crippen LogP contribution in [0, 0.1) is 0 Å². The molecule has 0 saturated heterocycles. The third-order valence-corrected chi connectivity index (χ3v) is 31.7. The van der Waals surface area contributed by atoms with Gasteiger partial charge in [0.2, 0.25) is 0 Å². The highest BCUT2D eigenvalue weighted by atomic mass is 32.1. The van der Waals surface area contributed by atoms with Gasteiger partial charge in [-0.3, -0.25) is 0 Å². The maximum absolute atomic E-state index is 6.67. The zero-order valence-corrected chi connectivity index (χ0v) is 78.5. The number of hydrogen-bond acceptors (Lipinski definition) is 9. The molecule has 0 radical (unpaired) electrons. The molecule has 660 valence electrons. The lowest BCUT2D eigenvalue weighted by Gasteiger charge is -2.29. The predicted molar refractivity (Wildman–Crippen MR) is 605 cm³/mol. The quantitative estimate of drug-likeness (QED) is 0.114. The van der Waals surface area contributed by atoms with Crippen molar-refractivity contribution in [3.63, 3.8) is 0 Å². The third-order valence-electron chi connectivity index (χ3n) is 28.3.